The minimum atomic E-state index is 0.190. The van der Waals surface area contributed by atoms with Crippen molar-refractivity contribution in [3.8, 4) is 0 Å². The molecule has 4 nitrogen and oxygen atoms in total. The van der Waals surface area contributed by atoms with Crippen LogP contribution in [0.4, 0.5) is 0 Å². The maximum atomic E-state index is 7.47. The van der Waals surface area contributed by atoms with E-state index < -0.39 is 0 Å². The molecule has 0 saturated carbocycles. The summed E-state index contributed by atoms with van der Waals surface area (Å²) in [6.45, 7) is 4.58. The molecule has 1 fully saturated rings. The highest BCUT2D eigenvalue weighted by Gasteiger charge is 2.18. The second-order valence-electron chi connectivity index (χ2n) is 5.29. The minimum absolute atomic E-state index is 0.190. The second-order valence-corrected chi connectivity index (χ2v) is 5.29. The topological polar surface area (TPSA) is 56.4 Å². The predicted octanol–water partition coefficient (Wildman–Crippen LogP) is 1.85. The predicted molar refractivity (Wildman–Crippen MR) is 82.7 cm³/mol. The summed E-state index contributed by atoms with van der Waals surface area (Å²) in [5, 5.41) is 10.1. The van der Waals surface area contributed by atoms with Crippen molar-refractivity contribution in [2.45, 2.75) is 6.54 Å². The Morgan fingerprint density at radius 3 is 2.45 bits per heavy atom. The molecular weight excluding hydrogens is 248 g/mol. The van der Waals surface area contributed by atoms with Crippen molar-refractivity contribution in [2.75, 3.05) is 26.2 Å². The fourth-order valence-corrected chi connectivity index (χ4v) is 2.82. The number of nitrogens with two attached hydrogens (primary N) is 1. The Morgan fingerprint density at radius 2 is 1.70 bits per heavy atom. The molecule has 0 unspecified atom stereocenters. The lowest BCUT2D eigenvalue weighted by Crippen LogP contribution is -2.50. The summed E-state index contributed by atoms with van der Waals surface area (Å²) in [6.07, 6.45) is 0. The molecule has 0 atom stereocenters. The number of piperazine rings is 1. The van der Waals surface area contributed by atoms with Crippen LogP contribution in [0.25, 0.3) is 10.8 Å². The summed E-state index contributed by atoms with van der Waals surface area (Å²) in [7, 11) is 0. The van der Waals surface area contributed by atoms with Crippen LogP contribution in [0.2, 0.25) is 0 Å². The number of nitrogens with one attached hydrogen (secondary N) is 1. The largest absolute Gasteiger partial charge is 0.370 e. The summed E-state index contributed by atoms with van der Waals surface area (Å²) >= 11 is 0. The molecule has 2 aromatic rings. The van der Waals surface area contributed by atoms with E-state index in [1.165, 1.54) is 16.3 Å². The molecular formula is C16H20N4. The van der Waals surface area contributed by atoms with E-state index in [-0.39, 0.29) is 5.96 Å². The van der Waals surface area contributed by atoms with E-state index in [0.717, 1.165) is 32.7 Å². The molecule has 4 heteroatoms. The van der Waals surface area contributed by atoms with E-state index in [2.05, 4.69) is 47.4 Å². The van der Waals surface area contributed by atoms with Crippen molar-refractivity contribution in [1.29, 1.82) is 5.41 Å². The Morgan fingerprint density at radius 1 is 1.00 bits per heavy atom. The van der Waals surface area contributed by atoms with E-state index in [4.69, 9.17) is 11.1 Å². The van der Waals surface area contributed by atoms with Gasteiger partial charge in [0.1, 0.15) is 0 Å². The molecule has 0 radical (unpaired) electrons. The number of guanidine groups is 1. The Hall–Kier alpha value is -2.07. The molecule has 0 spiro atoms. The lowest BCUT2D eigenvalue weighted by atomic mass is 10.0. The molecule has 1 aliphatic rings. The van der Waals surface area contributed by atoms with Crippen molar-refractivity contribution in [3.05, 3.63) is 48.0 Å². The third kappa shape index (κ3) is 2.60. The van der Waals surface area contributed by atoms with Gasteiger partial charge in [-0.15, -0.1) is 0 Å². The van der Waals surface area contributed by atoms with Gasteiger partial charge in [0.05, 0.1) is 0 Å². The highest BCUT2D eigenvalue weighted by atomic mass is 15.3. The average molecular weight is 268 g/mol. The SMILES string of the molecule is N=C(N)N1CCN(Cc2cccc3ccccc23)CC1. The van der Waals surface area contributed by atoms with E-state index >= 15 is 0 Å². The first kappa shape index (κ1) is 12.9. The summed E-state index contributed by atoms with van der Waals surface area (Å²) in [6, 6.07) is 15.0. The Bertz CT molecular complexity index is 609. The van der Waals surface area contributed by atoms with Crippen LogP contribution in [0.5, 0.6) is 0 Å². The van der Waals surface area contributed by atoms with Gasteiger partial charge >= 0.3 is 0 Å². The van der Waals surface area contributed by atoms with Gasteiger partial charge in [-0.2, -0.15) is 0 Å². The van der Waals surface area contributed by atoms with E-state index in [0.29, 0.717) is 0 Å². The van der Waals surface area contributed by atoms with Crippen LogP contribution in [0.15, 0.2) is 42.5 Å². The highest BCUT2D eigenvalue weighted by molar-refractivity contribution is 5.85. The number of fused-ring (bicyclic) bond motifs is 1. The third-order valence-electron chi connectivity index (χ3n) is 3.99. The van der Waals surface area contributed by atoms with Gasteiger partial charge in [0.25, 0.3) is 0 Å². The zero-order chi connectivity index (χ0) is 13.9. The minimum Gasteiger partial charge on any atom is -0.370 e. The fraction of sp³-hybridized carbons (Fsp3) is 0.312. The molecule has 0 bridgehead atoms. The molecule has 104 valence electrons. The number of hydrogen-bond acceptors (Lipinski definition) is 2. The first-order valence-corrected chi connectivity index (χ1v) is 7.02. The third-order valence-corrected chi connectivity index (χ3v) is 3.99. The fourth-order valence-electron chi connectivity index (χ4n) is 2.82. The molecule has 2 aromatic carbocycles. The quantitative estimate of drug-likeness (QED) is 0.645. The molecule has 0 amide bonds. The maximum Gasteiger partial charge on any atom is 0.188 e. The smallest absolute Gasteiger partial charge is 0.188 e. The van der Waals surface area contributed by atoms with Crippen molar-refractivity contribution in [1.82, 2.24) is 9.80 Å². The molecule has 1 saturated heterocycles. The number of benzene rings is 2. The van der Waals surface area contributed by atoms with Crippen LogP contribution >= 0.6 is 0 Å². The second kappa shape index (κ2) is 5.51. The van der Waals surface area contributed by atoms with Gasteiger partial charge in [0.2, 0.25) is 0 Å². The molecule has 1 heterocycles. The van der Waals surface area contributed by atoms with E-state index in [1.54, 1.807) is 0 Å². The van der Waals surface area contributed by atoms with Crippen molar-refractivity contribution < 1.29 is 0 Å². The molecule has 3 rings (SSSR count). The zero-order valence-corrected chi connectivity index (χ0v) is 11.5. The van der Waals surface area contributed by atoms with Crippen LogP contribution in [-0.2, 0) is 6.54 Å². The molecule has 20 heavy (non-hydrogen) atoms. The summed E-state index contributed by atoms with van der Waals surface area (Å²) < 4.78 is 0. The maximum absolute atomic E-state index is 7.47. The number of rotatable bonds is 2. The zero-order valence-electron chi connectivity index (χ0n) is 11.5. The summed E-state index contributed by atoms with van der Waals surface area (Å²) in [5.74, 6) is 0.190. The first-order chi connectivity index (χ1) is 9.74. The average Bonchev–Trinajstić information content (AvgIpc) is 2.48. The van der Waals surface area contributed by atoms with Gasteiger partial charge in [-0.3, -0.25) is 10.3 Å². The van der Waals surface area contributed by atoms with Crippen molar-refractivity contribution >= 4 is 16.7 Å². The van der Waals surface area contributed by atoms with Gasteiger partial charge < -0.3 is 10.6 Å². The van der Waals surface area contributed by atoms with Gasteiger partial charge in [0.15, 0.2) is 5.96 Å². The molecule has 0 aromatic heterocycles. The van der Waals surface area contributed by atoms with Crippen molar-refractivity contribution in [3.63, 3.8) is 0 Å². The number of hydrogen-bond donors (Lipinski definition) is 2. The van der Waals surface area contributed by atoms with Crippen LogP contribution in [-0.4, -0.2) is 41.9 Å². The van der Waals surface area contributed by atoms with Crippen LogP contribution in [0.3, 0.4) is 0 Å². The van der Waals surface area contributed by atoms with Gasteiger partial charge in [0, 0.05) is 32.7 Å². The van der Waals surface area contributed by atoms with Crippen LogP contribution in [0, 0.1) is 5.41 Å². The van der Waals surface area contributed by atoms with Gasteiger partial charge in [-0.05, 0) is 16.3 Å². The van der Waals surface area contributed by atoms with Crippen LogP contribution < -0.4 is 5.73 Å². The Labute approximate surface area is 119 Å². The summed E-state index contributed by atoms with van der Waals surface area (Å²) in [4.78, 5) is 4.36. The first-order valence-electron chi connectivity index (χ1n) is 7.02. The highest BCUT2D eigenvalue weighted by Crippen LogP contribution is 2.20. The lowest BCUT2D eigenvalue weighted by Gasteiger charge is -2.35. The number of nitrogens with zero attached hydrogens (tertiary/aromatic N) is 2. The monoisotopic (exact) mass is 268 g/mol. The molecule has 1 aliphatic heterocycles. The van der Waals surface area contributed by atoms with E-state index in [1.807, 2.05) is 4.90 Å². The van der Waals surface area contributed by atoms with Gasteiger partial charge in [-0.25, -0.2) is 0 Å². The molecule has 3 N–H and O–H groups in total. The van der Waals surface area contributed by atoms with Crippen LogP contribution in [0.1, 0.15) is 5.56 Å². The van der Waals surface area contributed by atoms with Crippen molar-refractivity contribution in [2.24, 2.45) is 5.73 Å². The van der Waals surface area contributed by atoms with Gasteiger partial charge in [-0.1, -0.05) is 42.5 Å². The Balaban J connectivity index is 1.73. The molecule has 0 aliphatic carbocycles. The standard InChI is InChI=1S/C16H20N4/c17-16(18)20-10-8-19(9-11-20)12-14-6-3-5-13-4-1-2-7-15(13)14/h1-7H,8-12H2,(H3,17,18). The normalized spacial score (nSPS) is 16.5. The van der Waals surface area contributed by atoms with E-state index in [9.17, 15) is 0 Å². The Kier molecular flexibility index (Phi) is 3.56. The lowest BCUT2D eigenvalue weighted by molar-refractivity contribution is 0.174. The summed E-state index contributed by atoms with van der Waals surface area (Å²) in [5.41, 5.74) is 6.90.